The van der Waals surface area contributed by atoms with E-state index in [4.69, 9.17) is 0 Å². The number of benzene rings is 1. The molecule has 2 heterocycles. The van der Waals surface area contributed by atoms with Gasteiger partial charge in [-0.05, 0) is 24.5 Å². The second-order valence-electron chi connectivity index (χ2n) is 5.55. The quantitative estimate of drug-likeness (QED) is 0.607. The molecule has 0 radical (unpaired) electrons. The van der Waals surface area contributed by atoms with Gasteiger partial charge in [-0.1, -0.05) is 25.1 Å². The van der Waals surface area contributed by atoms with Gasteiger partial charge in [-0.2, -0.15) is 0 Å². The Hall–Kier alpha value is -2.70. The van der Waals surface area contributed by atoms with E-state index >= 15 is 0 Å². The molecule has 5 amide bonds. The summed E-state index contributed by atoms with van der Waals surface area (Å²) in [5, 5.41) is 0. The van der Waals surface area contributed by atoms with Crippen molar-refractivity contribution in [3.63, 3.8) is 0 Å². The number of hydrogen-bond acceptors (Lipinski definition) is 4. The second kappa shape index (κ2) is 5.83. The predicted octanol–water partition coefficient (Wildman–Crippen LogP) is 0.777. The largest absolute Gasteiger partial charge is 0.334 e. The zero-order valence-electron chi connectivity index (χ0n) is 12.8. The molecule has 1 aromatic rings. The summed E-state index contributed by atoms with van der Waals surface area (Å²) in [4.78, 5) is 51.6. The lowest BCUT2D eigenvalue weighted by Gasteiger charge is -2.20. The van der Waals surface area contributed by atoms with Crippen LogP contribution < -0.4 is 4.90 Å². The van der Waals surface area contributed by atoms with Crippen LogP contribution in [0, 0.1) is 0 Å². The van der Waals surface area contributed by atoms with Crippen LogP contribution >= 0.6 is 0 Å². The lowest BCUT2D eigenvalue weighted by atomic mass is 10.2. The SMILES string of the molecule is CCCN1C(=O)C(=O)N(CC(=O)N2CCc3ccccc32)C1=O. The maximum absolute atomic E-state index is 12.5. The summed E-state index contributed by atoms with van der Waals surface area (Å²) >= 11 is 0. The van der Waals surface area contributed by atoms with Crippen molar-refractivity contribution in [1.82, 2.24) is 9.80 Å². The summed E-state index contributed by atoms with van der Waals surface area (Å²) in [6.07, 6.45) is 1.30. The highest BCUT2D eigenvalue weighted by Crippen LogP contribution is 2.27. The van der Waals surface area contributed by atoms with Gasteiger partial charge in [-0.25, -0.2) is 9.69 Å². The number of rotatable bonds is 4. The maximum atomic E-state index is 12.5. The zero-order valence-corrected chi connectivity index (χ0v) is 12.8. The van der Waals surface area contributed by atoms with E-state index < -0.39 is 24.4 Å². The molecular weight excluding hydrogens is 298 g/mol. The number of para-hydroxylation sites is 1. The first-order valence-corrected chi connectivity index (χ1v) is 7.60. The summed E-state index contributed by atoms with van der Waals surface area (Å²) in [5.41, 5.74) is 1.86. The van der Waals surface area contributed by atoms with Gasteiger partial charge >= 0.3 is 17.8 Å². The fourth-order valence-corrected chi connectivity index (χ4v) is 2.93. The molecular formula is C16H17N3O4. The van der Waals surface area contributed by atoms with Crippen LogP contribution in [0.1, 0.15) is 18.9 Å². The lowest BCUT2D eigenvalue weighted by molar-refractivity contribution is -0.143. The number of carbonyl (C=O) groups is 4. The highest BCUT2D eigenvalue weighted by atomic mass is 16.2. The van der Waals surface area contributed by atoms with Gasteiger partial charge in [0.15, 0.2) is 0 Å². The van der Waals surface area contributed by atoms with E-state index in [0.29, 0.717) is 13.0 Å². The van der Waals surface area contributed by atoms with Gasteiger partial charge in [-0.15, -0.1) is 0 Å². The average Bonchev–Trinajstić information content (AvgIpc) is 3.06. The molecule has 0 atom stereocenters. The Morgan fingerprint density at radius 1 is 1.09 bits per heavy atom. The van der Waals surface area contributed by atoms with E-state index in [0.717, 1.165) is 27.5 Å². The molecule has 0 aromatic heterocycles. The van der Waals surface area contributed by atoms with Gasteiger partial charge in [-0.3, -0.25) is 19.3 Å². The van der Waals surface area contributed by atoms with Crippen molar-refractivity contribution >= 4 is 29.4 Å². The maximum Gasteiger partial charge on any atom is 0.334 e. The Morgan fingerprint density at radius 3 is 2.52 bits per heavy atom. The van der Waals surface area contributed by atoms with E-state index in [2.05, 4.69) is 0 Å². The molecule has 2 aliphatic heterocycles. The zero-order chi connectivity index (χ0) is 16.6. The summed E-state index contributed by atoms with van der Waals surface area (Å²) < 4.78 is 0. The summed E-state index contributed by atoms with van der Waals surface area (Å²) in [6.45, 7) is 2.10. The van der Waals surface area contributed by atoms with E-state index in [9.17, 15) is 19.2 Å². The fourth-order valence-electron chi connectivity index (χ4n) is 2.93. The van der Waals surface area contributed by atoms with Gasteiger partial charge < -0.3 is 4.90 Å². The van der Waals surface area contributed by atoms with Crippen LogP contribution in [0.4, 0.5) is 10.5 Å². The van der Waals surface area contributed by atoms with Gasteiger partial charge in [0.25, 0.3) is 0 Å². The first-order chi connectivity index (χ1) is 11.0. The molecule has 0 aliphatic carbocycles. The minimum absolute atomic E-state index is 0.181. The number of nitrogens with zero attached hydrogens (tertiary/aromatic N) is 3. The highest BCUT2D eigenvalue weighted by Gasteiger charge is 2.45. The normalized spacial score (nSPS) is 17.3. The number of carbonyl (C=O) groups excluding carboxylic acids is 4. The van der Waals surface area contributed by atoms with Crippen molar-refractivity contribution in [2.45, 2.75) is 19.8 Å². The molecule has 1 aromatic carbocycles. The summed E-state index contributed by atoms with van der Waals surface area (Å²) in [6, 6.07) is 6.82. The Balaban J connectivity index is 1.75. The van der Waals surface area contributed by atoms with Crippen molar-refractivity contribution < 1.29 is 19.2 Å². The van der Waals surface area contributed by atoms with Crippen LogP contribution in [-0.2, 0) is 20.8 Å². The smallest absolute Gasteiger partial charge is 0.310 e. The molecule has 2 aliphatic rings. The minimum atomic E-state index is -0.927. The monoisotopic (exact) mass is 315 g/mol. The summed E-state index contributed by atoms with van der Waals surface area (Å²) in [5.74, 6) is -2.14. The number of hydrogen-bond donors (Lipinski definition) is 0. The Bertz CT molecular complexity index is 700. The third-order valence-electron chi connectivity index (χ3n) is 4.06. The topological polar surface area (TPSA) is 78.0 Å². The van der Waals surface area contributed by atoms with Gasteiger partial charge in [0.05, 0.1) is 0 Å². The molecule has 7 heteroatoms. The van der Waals surface area contributed by atoms with Gasteiger partial charge in [0.1, 0.15) is 6.54 Å². The van der Waals surface area contributed by atoms with Gasteiger partial charge in [0.2, 0.25) is 5.91 Å². The van der Waals surface area contributed by atoms with Crippen molar-refractivity contribution in [2.75, 3.05) is 24.5 Å². The first kappa shape index (κ1) is 15.2. The molecule has 120 valence electrons. The average molecular weight is 315 g/mol. The van der Waals surface area contributed by atoms with Crippen LogP contribution in [-0.4, -0.2) is 53.2 Å². The molecule has 23 heavy (non-hydrogen) atoms. The molecule has 7 nitrogen and oxygen atoms in total. The predicted molar refractivity (Wildman–Crippen MR) is 81.6 cm³/mol. The molecule has 0 N–H and O–H groups in total. The van der Waals surface area contributed by atoms with Crippen LogP contribution in [0.3, 0.4) is 0 Å². The highest BCUT2D eigenvalue weighted by molar-refractivity contribution is 6.45. The number of urea groups is 1. The third-order valence-corrected chi connectivity index (χ3v) is 4.06. The number of amides is 5. The Kier molecular flexibility index (Phi) is 3.85. The van der Waals surface area contributed by atoms with Crippen molar-refractivity contribution in [2.24, 2.45) is 0 Å². The minimum Gasteiger partial charge on any atom is -0.310 e. The van der Waals surface area contributed by atoms with Gasteiger partial charge in [0, 0.05) is 18.8 Å². The number of imide groups is 2. The summed E-state index contributed by atoms with van der Waals surface area (Å²) in [7, 11) is 0. The lowest BCUT2D eigenvalue weighted by Crippen LogP contribution is -2.43. The molecule has 3 rings (SSSR count). The van der Waals surface area contributed by atoms with E-state index in [1.807, 2.05) is 24.3 Å². The van der Waals surface area contributed by atoms with Crippen LogP contribution in [0.25, 0.3) is 0 Å². The standard InChI is InChI=1S/C16H17N3O4/c1-2-8-18-14(21)15(22)19(16(18)23)10-13(20)17-9-7-11-5-3-4-6-12(11)17/h3-6H,2,7-10H2,1H3. The molecule has 1 fully saturated rings. The second-order valence-corrected chi connectivity index (χ2v) is 5.55. The van der Waals surface area contributed by atoms with Crippen molar-refractivity contribution in [1.29, 1.82) is 0 Å². The molecule has 0 unspecified atom stereocenters. The Labute approximate surface area is 133 Å². The van der Waals surface area contributed by atoms with Crippen LogP contribution in [0.2, 0.25) is 0 Å². The van der Waals surface area contributed by atoms with E-state index in [-0.39, 0.29) is 12.5 Å². The van der Waals surface area contributed by atoms with E-state index in [1.54, 1.807) is 11.8 Å². The number of fused-ring (bicyclic) bond motifs is 1. The van der Waals surface area contributed by atoms with Crippen LogP contribution in [0.15, 0.2) is 24.3 Å². The van der Waals surface area contributed by atoms with E-state index in [1.165, 1.54) is 0 Å². The first-order valence-electron chi connectivity index (χ1n) is 7.60. The van der Waals surface area contributed by atoms with Crippen molar-refractivity contribution in [3.05, 3.63) is 29.8 Å². The Morgan fingerprint density at radius 2 is 1.78 bits per heavy atom. The third kappa shape index (κ3) is 2.48. The molecule has 0 spiro atoms. The molecule has 0 saturated carbocycles. The molecule has 1 saturated heterocycles. The fraction of sp³-hybridized carbons (Fsp3) is 0.375. The number of anilines is 1. The molecule has 0 bridgehead atoms. The van der Waals surface area contributed by atoms with Crippen molar-refractivity contribution in [3.8, 4) is 0 Å². The van der Waals surface area contributed by atoms with Crippen LogP contribution in [0.5, 0.6) is 0 Å².